The molecule has 3 aromatic rings. The van der Waals surface area contributed by atoms with Crippen LogP contribution in [0.15, 0.2) is 18.3 Å². The lowest BCUT2D eigenvalue weighted by atomic mass is 9.72. The van der Waals surface area contributed by atoms with Crippen LogP contribution >= 0.6 is 11.6 Å². The van der Waals surface area contributed by atoms with Crippen LogP contribution in [-0.4, -0.2) is 100 Å². The van der Waals surface area contributed by atoms with Crippen LogP contribution in [-0.2, 0) is 4.79 Å². The number of hydrogen-bond donors (Lipinski definition) is 3. The molecule has 0 atom stereocenters. The summed E-state index contributed by atoms with van der Waals surface area (Å²) in [6.07, 6.45) is 5.58. The zero-order valence-corrected chi connectivity index (χ0v) is 24.6. The summed E-state index contributed by atoms with van der Waals surface area (Å²) in [6, 6.07) is 6.12. The van der Waals surface area contributed by atoms with Gasteiger partial charge in [-0.2, -0.15) is 10.2 Å². The van der Waals surface area contributed by atoms with Gasteiger partial charge in [0.15, 0.2) is 5.82 Å². The van der Waals surface area contributed by atoms with Crippen molar-refractivity contribution in [1.29, 1.82) is 5.26 Å². The van der Waals surface area contributed by atoms with Crippen molar-refractivity contribution in [2.24, 2.45) is 5.41 Å². The van der Waals surface area contributed by atoms with Crippen molar-refractivity contribution in [1.82, 2.24) is 34.7 Å². The van der Waals surface area contributed by atoms with Crippen LogP contribution in [0.2, 0.25) is 5.02 Å². The average molecular weight is 601 g/mol. The van der Waals surface area contributed by atoms with E-state index >= 15 is 0 Å². The second kappa shape index (κ2) is 11.2. The van der Waals surface area contributed by atoms with Crippen LogP contribution < -0.4 is 20.9 Å². The summed E-state index contributed by atoms with van der Waals surface area (Å²) in [5.74, 6) is 1.31. The summed E-state index contributed by atoms with van der Waals surface area (Å²) in [6.45, 7) is 14.8. The van der Waals surface area contributed by atoms with Gasteiger partial charge in [-0.3, -0.25) is 9.69 Å². The second-order valence-electron chi connectivity index (χ2n) is 12.0. The highest BCUT2D eigenvalue weighted by Crippen LogP contribution is 2.44. The van der Waals surface area contributed by atoms with E-state index in [1.807, 2.05) is 11.0 Å². The summed E-state index contributed by atoms with van der Waals surface area (Å²) in [5, 5.41) is 24.7. The number of carbonyl (C=O) groups excluding carboxylic acids is 1. The van der Waals surface area contributed by atoms with Gasteiger partial charge in [0.25, 0.3) is 17.4 Å². The number of halogens is 1. The van der Waals surface area contributed by atoms with Gasteiger partial charge in [0.05, 0.1) is 40.8 Å². The molecule has 0 unspecified atom stereocenters. The van der Waals surface area contributed by atoms with Crippen molar-refractivity contribution in [3.05, 3.63) is 40.3 Å². The Balaban J connectivity index is 1.05. The Labute approximate surface area is 254 Å². The van der Waals surface area contributed by atoms with Crippen LogP contribution in [0.4, 0.5) is 29.0 Å². The summed E-state index contributed by atoms with van der Waals surface area (Å²) >= 11 is 6.98. The zero-order chi connectivity index (χ0) is 29.6. The molecule has 1 spiro atoms. The third-order valence-electron chi connectivity index (χ3n) is 8.92. The lowest BCUT2D eigenvalue weighted by Crippen LogP contribution is -2.62. The van der Waals surface area contributed by atoms with E-state index in [-0.39, 0.29) is 23.1 Å². The first kappa shape index (κ1) is 27.7. The van der Waals surface area contributed by atoms with Gasteiger partial charge in [-0.1, -0.05) is 23.3 Å². The zero-order valence-electron chi connectivity index (χ0n) is 23.8. The van der Waals surface area contributed by atoms with Crippen LogP contribution in [0.25, 0.3) is 10.5 Å². The van der Waals surface area contributed by atoms with Crippen LogP contribution in [0.1, 0.15) is 31.2 Å². The lowest BCUT2D eigenvalue weighted by Gasteiger charge is -2.54. The first-order chi connectivity index (χ1) is 20.9. The van der Waals surface area contributed by atoms with Gasteiger partial charge in [-0.15, -0.1) is 4.52 Å². The summed E-state index contributed by atoms with van der Waals surface area (Å²) < 4.78 is 1.47. The maximum absolute atomic E-state index is 12.7. The number of imidazole rings is 1. The van der Waals surface area contributed by atoms with Gasteiger partial charge in [0, 0.05) is 58.4 Å². The molecule has 14 heteroatoms. The molecule has 4 aliphatic rings. The molecule has 4 fully saturated rings. The number of piperazine rings is 1. The third kappa shape index (κ3) is 5.52. The van der Waals surface area contributed by atoms with Gasteiger partial charge < -0.3 is 30.6 Å². The Hall–Kier alpha value is -4.17. The number of likely N-dealkylation sites (tertiary alicyclic amines) is 1. The highest BCUT2D eigenvalue weighted by molar-refractivity contribution is 6.36. The first-order valence-corrected chi connectivity index (χ1v) is 15.2. The maximum Gasteiger partial charge on any atom is 0.275 e. The number of anilines is 4. The Morgan fingerprint density at radius 3 is 2.67 bits per heavy atom. The number of nitriles is 1. The fourth-order valence-corrected chi connectivity index (χ4v) is 6.67. The monoisotopic (exact) mass is 600 g/mol. The Bertz CT molecular complexity index is 1630. The van der Waals surface area contributed by atoms with Gasteiger partial charge >= 0.3 is 0 Å². The molecule has 0 bridgehead atoms. The Morgan fingerprint density at radius 1 is 1.21 bits per heavy atom. The average Bonchev–Trinajstić information content (AvgIpc) is 3.73. The van der Waals surface area contributed by atoms with Crippen molar-refractivity contribution in [2.75, 3.05) is 74.4 Å². The predicted octanol–water partition coefficient (Wildman–Crippen LogP) is 2.85. The normalized spacial score (nSPS) is 20.0. The van der Waals surface area contributed by atoms with E-state index in [1.165, 1.54) is 10.7 Å². The van der Waals surface area contributed by atoms with Crippen molar-refractivity contribution in [3.63, 3.8) is 0 Å². The smallest absolute Gasteiger partial charge is 0.275 e. The number of rotatable bonds is 7. The fourth-order valence-electron chi connectivity index (χ4n) is 6.39. The number of nitrogens with zero attached hydrogens (tertiary/aromatic N) is 9. The highest BCUT2D eigenvalue weighted by atomic mass is 35.5. The molecule has 1 saturated carbocycles. The summed E-state index contributed by atoms with van der Waals surface area (Å²) in [5.41, 5.74) is 2.51. The molecule has 2 aromatic heterocycles. The van der Waals surface area contributed by atoms with Crippen LogP contribution in [0.3, 0.4) is 0 Å². The number of piperidine rings is 1. The number of carbonyl (C=O) groups is 1. The van der Waals surface area contributed by atoms with E-state index in [1.54, 1.807) is 6.07 Å². The van der Waals surface area contributed by atoms with Gasteiger partial charge in [-0.05, 0) is 43.2 Å². The van der Waals surface area contributed by atoms with E-state index in [2.05, 4.69) is 51.7 Å². The fraction of sp³-hybridized carbons (Fsp3) is 0.517. The molecule has 222 valence electrons. The van der Waals surface area contributed by atoms with Gasteiger partial charge in [0.1, 0.15) is 0 Å². The third-order valence-corrected chi connectivity index (χ3v) is 9.31. The van der Waals surface area contributed by atoms with Crippen LogP contribution in [0.5, 0.6) is 0 Å². The minimum atomic E-state index is 0.222. The van der Waals surface area contributed by atoms with E-state index in [0.29, 0.717) is 40.3 Å². The molecule has 1 aromatic carbocycles. The van der Waals surface area contributed by atoms with Crippen molar-refractivity contribution in [2.45, 2.75) is 31.7 Å². The van der Waals surface area contributed by atoms with Crippen molar-refractivity contribution < 1.29 is 4.79 Å². The molecular formula is C29H33ClN12O. The number of benzene rings is 1. The predicted molar refractivity (Wildman–Crippen MR) is 163 cm³/mol. The summed E-state index contributed by atoms with van der Waals surface area (Å²) in [7, 11) is 0. The van der Waals surface area contributed by atoms with Crippen LogP contribution in [0, 0.1) is 23.3 Å². The standard InChI is InChI=1S/C29H33ClN12O/c1-32-23-15-34-27-26(35-20-2-3-20)37-28(38-42(23)27)36-21-12-19(14-31)13-22(25(21)30)40-8-4-29(5-9-40)17-39(18-29)16-24(43)41-10-6-33-7-11-41/h12-13,15,20,33H,2-11,16-18H2,(H2,35,36,37,38). The lowest BCUT2D eigenvalue weighted by molar-refractivity contribution is -0.137. The van der Waals surface area contributed by atoms with Gasteiger partial charge in [-0.25, -0.2) is 4.98 Å². The number of hydrogen-bond acceptors (Lipinski definition) is 10. The van der Waals surface area contributed by atoms with E-state index in [0.717, 1.165) is 83.7 Å². The molecule has 43 heavy (non-hydrogen) atoms. The molecule has 3 saturated heterocycles. The SMILES string of the molecule is [C-]#[N+]c1cnc2c(NC3CC3)nc(Nc3cc(C#N)cc(N4CCC5(CC4)CN(CC(=O)N4CCNCC4)C5)c3Cl)nn12. The summed E-state index contributed by atoms with van der Waals surface area (Å²) in [4.78, 5) is 31.7. The molecular weight excluding hydrogens is 568 g/mol. The molecule has 7 rings (SSSR count). The minimum Gasteiger partial charge on any atom is -0.370 e. The Kier molecular flexibility index (Phi) is 7.17. The number of amides is 1. The van der Waals surface area contributed by atoms with E-state index in [4.69, 9.17) is 18.2 Å². The quantitative estimate of drug-likeness (QED) is 0.348. The number of aromatic nitrogens is 4. The number of fused-ring (bicyclic) bond motifs is 1. The Morgan fingerprint density at radius 2 is 1.98 bits per heavy atom. The highest BCUT2D eigenvalue weighted by Gasteiger charge is 2.45. The first-order valence-electron chi connectivity index (χ1n) is 14.8. The molecule has 13 nitrogen and oxygen atoms in total. The molecule has 1 aliphatic carbocycles. The molecule has 0 radical (unpaired) electrons. The minimum absolute atomic E-state index is 0.222. The second-order valence-corrected chi connectivity index (χ2v) is 12.4. The molecule has 5 heterocycles. The molecule has 1 amide bonds. The topological polar surface area (TPSA) is 134 Å². The number of nitrogens with one attached hydrogen (secondary N) is 3. The largest absolute Gasteiger partial charge is 0.370 e. The van der Waals surface area contributed by atoms with Gasteiger partial charge in [0.2, 0.25) is 5.91 Å². The maximum atomic E-state index is 12.7. The molecule has 3 aliphatic heterocycles. The van der Waals surface area contributed by atoms with E-state index < -0.39 is 0 Å². The van der Waals surface area contributed by atoms with Crippen molar-refractivity contribution >= 4 is 52.1 Å². The van der Waals surface area contributed by atoms with Crippen molar-refractivity contribution in [3.8, 4) is 6.07 Å². The van der Waals surface area contributed by atoms with E-state index in [9.17, 15) is 10.1 Å². The molecule has 3 N–H and O–H groups in total.